The average Bonchev–Trinajstić information content (AvgIpc) is 2.45. The molecule has 2 heterocycles. The predicted octanol–water partition coefficient (Wildman–Crippen LogP) is 2.36. The van der Waals surface area contributed by atoms with Crippen molar-refractivity contribution in [2.45, 2.75) is 33.1 Å². The van der Waals surface area contributed by atoms with E-state index in [1.54, 1.807) is 6.33 Å². The minimum Gasteiger partial charge on any atom is -0.370 e. The molecule has 2 N–H and O–H groups in total. The Labute approximate surface area is 122 Å². The van der Waals surface area contributed by atoms with Crippen LogP contribution >= 0.6 is 0 Å². The van der Waals surface area contributed by atoms with Gasteiger partial charge in [-0.05, 0) is 45.7 Å². The second-order valence-corrected chi connectivity index (χ2v) is 5.77. The minimum absolute atomic E-state index is 0.718. The Morgan fingerprint density at radius 2 is 2.05 bits per heavy atom. The summed E-state index contributed by atoms with van der Waals surface area (Å²) in [6, 6.07) is 0. The van der Waals surface area contributed by atoms with Gasteiger partial charge in [0.25, 0.3) is 0 Å². The number of nitrogens with zero attached hydrogens (tertiary/aromatic N) is 3. The SMILES string of the molecule is CCCNc1ncnc(NCC2CCCN(C)C2)c1C. The summed E-state index contributed by atoms with van der Waals surface area (Å²) in [6.45, 7) is 8.59. The van der Waals surface area contributed by atoms with E-state index >= 15 is 0 Å². The van der Waals surface area contributed by atoms with Crippen LogP contribution in [0.4, 0.5) is 11.6 Å². The van der Waals surface area contributed by atoms with Crippen molar-refractivity contribution in [2.75, 3.05) is 43.9 Å². The van der Waals surface area contributed by atoms with Crippen LogP contribution in [0.3, 0.4) is 0 Å². The molecule has 1 aliphatic rings. The van der Waals surface area contributed by atoms with Gasteiger partial charge in [0, 0.05) is 25.2 Å². The van der Waals surface area contributed by atoms with Gasteiger partial charge in [0.05, 0.1) is 0 Å². The first-order valence-corrected chi connectivity index (χ1v) is 7.68. The first kappa shape index (κ1) is 15.0. The van der Waals surface area contributed by atoms with Crippen molar-refractivity contribution in [3.63, 3.8) is 0 Å². The lowest BCUT2D eigenvalue weighted by Gasteiger charge is -2.30. The van der Waals surface area contributed by atoms with Crippen LogP contribution in [0.15, 0.2) is 6.33 Å². The van der Waals surface area contributed by atoms with E-state index in [2.05, 4.69) is 46.4 Å². The van der Waals surface area contributed by atoms with Crippen molar-refractivity contribution < 1.29 is 0 Å². The molecular formula is C15H27N5. The van der Waals surface area contributed by atoms with Crippen LogP contribution < -0.4 is 10.6 Å². The zero-order chi connectivity index (χ0) is 14.4. The number of rotatable bonds is 6. The smallest absolute Gasteiger partial charge is 0.134 e. The Hall–Kier alpha value is -1.36. The van der Waals surface area contributed by atoms with Crippen LogP contribution in [0.5, 0.6) is 0 Å². The predicted molar refractivity (Wildman–Crippen MR) is 84.3 cm³/mol. The average molecular weight is 277 g/mol. The third-order valence-corrected chi connectivity index (χ3v) is 3.91. The van der Waals surface area contributed by atoms with Gasteiger partial charge in [-0.1, -0.05) is 6.92 Å². The number of hydrogen-bond donors (Lipinski definition) is 2. The van der Waals surface area contributed by atoms with Crippen molar-refractivity contribution in [1.29, 1.82) is 0 Å². The zero-order valence-corrected chi connectivity index (χ0v) is 12.9. The maximum absolute atomic E-state index is 4.37. The Morgan fingerprint density at radius 3 is 2.75 bits per heavy atom. The molecule has 0 bridgehead atoms. The van der Waals surface area contributed by atoms with Gasteiger partial charge in [0.15, 0.2) is 0 Å². The molecule has 1 unspecified atom stereocenters. The topological polar surface area (TPSA) is 53.1 Å². The maximum Gasteiger partial charge on any atom is 0.134 e. The summed E-state index contributed by atoms with van der Waals surface area (Å²) in [6.07, 6.45) is 5.35. The van der Waals surface area contributed by atoms with Gasteiger partial charge >= 0.3 is 0 Å². The summed E-state index contributed by atoms with van der Waals surface area (Å²) in [5.74, 6) is 2.63. The number of piperidine rings is 1. The van der Waals surface area contributed by atoms with Crippen LogP contribution in [-0.2, 0) is 0 Å². The molecule has 0 radical (unpaired) electrons. The molecule has 1 saturated heterocycles. The molecule has 112 valence electrons. The largest absolute Gasteiger partial charge is 0.370 e. The highest BCUT2D eigenvalue weighted by atomic mass is 15.1. The van der Waals surface area contributed by atoms with Crippen molar-refractivity contribution in [2.24, 2.45) is 5.92 Å². The third kappa shape index (κ3) is 4.07. The second-order valence-electron chi connectivity index (χ2n) is 5.77. The number of anilines is 2. The summed E-state index contributed by atoms with van der Waals surface area (Å²) in [5, 5.41) is 6.85. The molecule has 0 aromatic carbocycles. The fourth-order valence-corrected chi connectivity index (χ4v) is 2.73. The Bertz CT molecular complexity index is 421. The van der Waals surface area contributed by atoms with E-state index in [0.717, 1.165) is 42.6 Å². The molecule has 0 aliphatic carbocycles. The quantitative estimate of drug-likeness (QED) is 0.836. The van der Waals surface area contributed by atoms with Crippen molar-refractivity contribution in [3.05, 3.63) is 11.9 Å². The molecular weight excluding hydrogens is 250 g/mol. The van der Waals surface area contributed by atoms with Gasteiger partial charge < -0.3 is 15.5 Å². The first-order valence-electron chi connectivity index (χ1n) is 7.68. The van der Waals surface area contributed by atoms with Gasteiger partial charge in [-0.3, -0.25) is 0 Å². The molecule has 0 spiro atoms. The fourth-order valence-electron chi connectivity index (χ4n) is 2.73. The highest BCUT2D eigenvalue weighted by molar-refractivity contribution is 5.56. The van der Waals surface area contributed by atoms with Gasteiger partial charge in [-0.2, -0.15) is 0 Å². The summed E-state index contributed by atoms with van der Waals surface area (Å²) in [4.78, 5) is 11.1. The van der Waals surface area contributed by atoms with Gasteiger partial charge in [0.2, 0.25) is 0 Å². The second kappa shape index (κ2) is 7.43. The van der Waals surface area contributed by atoms with Crippen LogP contribution in [0.2, 0.25) is 0 Å². The molecule has 1 atom stereocenters. The summed E-state index contributed by atoms with van der Waals surface area (Å²) < 4.78 is 0. The van der Waals surface area contributed by atoms with E-state index < -0.39 is 0 Å². The minimum atomic E-state index is 0.718. The Balaban J connectivity index is 1.91. The van der Waals surface area contributed by atoms with Crippen LogP contribution in [0.25, 0.3) is 0 Å². The number of hydrogen-bond acceptors (Lipinski definition) is 5. The van der Waals surface area contributed by atoms with Gasteiger partial charge in [-0.15, -0.1) is 0 Å². The molecule has 5 heteroatoms. The van der Waals surface area contributed by atoms with Crippen LogP contribution in [0.1, 0.15) is 31.7 Å². The molecule has 1 aromatic heterocycles. The van der Waals surface area contributed by atoms with Crippen LogP contribution in [-0.4, -0.2) is 48.1 Å². The highest BCUT2D eigenvalue weighted by Crippen LogP contribution is 2.20. The summed E-state index contributed by atoms with van der Waals surface area (Å²) in [7, 11) is 2.20. The standard InChI is InChI=1S/C15H27N5/c1-4-7-16-14-12(2)15(19-11-18-14)17-9-13-6-5-8-20(3)10-13/h11,13H,4-10H2,1-3H3,(H2,16,17,18,19). The van der Waals surface area contributed by atoms with Crippen molar-refractivity contribution >= 4 is 11.6 Å². The van der Waals surface area contributed by atoms with E-state index in [1.807, 2.05) is 0 Å². The highest BCUT2D eigenvalue weighted by Gasteiger charge is 2.17. The molecule has 2 rings (SSSR count). The van der Waals surface area contributed by atoms with E-state index in [0.29, 0.717) is 0 Å². The van der Waals surface area contributed by atoms with Crippen molar-refractivity contribution in [1.82, 2.24) is 14.9 Å². The summed E-state index contributed by atoms with van der Waals surface area (Å²) >= 11 is 0. The lowest BCUT2D eigenvalue weighted by Crippen LogP contribution is -2.35. The molecule has 0 amide bonds. The fraction of sp³-hybridized carbons (Fsp3) is 0.733. The number of aromatic nitrogens is 2. The summed E-state index contributed by atoms with van der Waals surface area (Å²) in [5.41, 5.74) is 1.12. The van der Waals surface area contributed by atoms with E-state index in [4.69, 9.17) is 0 Å². The Kier molecular flexibility index (Phi) is 5.59. The molecule has 20 heavy (non-hydrogen) atoms. The molecule has 5 nitrogen and oxygen atoms in total. The lowest BCUT2D eigenvalue weighted by molar-refractivity contribution is 0.217. The zero-order valence-electron chi connectivity index (χ0n) is 12.9. The van der Waals surface area contributed by atoms with Crippen LogP contribution in [0, 0.1) is 12.8 Å². The van der Waals surface area contributed by atoms with Gasteiger partial charge in [0.1, 0.15) is 18.0 Å². The molecule has 0 saturated carbocycles. The van der Waals surface area contributed by atoms with E-state index in [9.17, 15) is 0 Å². The van der Waals surface area contributed by atoms with E-state index in [-0.39, 0.29) is 0 Å². The molecule has 1 fully saturated rings. The van der Waals surface area contributed by atoms with Crippen molar-refractivity contribution in [3.8, 4) is 0 Å². The first-order chi connectivity index (χ1) is 9.70. The number of nitrogens with one attached hydrogen (secondary N) is 2. The van der Waals surface area contributed by atoms with E-state index in [1.165, 1.54) is 25.9 Å². The molecule has 1 aliphatic heterocycles. The Morgan fingerprint density at radius 1 is 1.30 bits per heavy atom. The number of likely N-dealkylation sites (tertiary alicyclic amines) is 1. The normalized spacial score (nSPS) is 19.9. The lowest BCUT2D eigenvalue weighted by atomic mass is 9.98. The monoisotopic (exact) mass is 277 g/mol. The third-order valence-electron chi connectivity index (χ3n) is 3.91. The van der Waals surface area contributed by atoms with Gasteiger partial charge in [-0.25, -0.2) is 9.97 Å². The molecule has 1 aromatic rings. The maximum atomic E-state index is 4.37.